The van der Waals surface area contributed by atoms with Gasteiger partial charge in [0.05, 0.1) is 10.8 Å². The first kappa shape index (κ1) is 18.5. The van der Waals surface area contributed by atoms with E-state index in [0.29, 0.717) is 25.2 Å². The molecule has 6 nitrogen and oxygen atoms in total. The maximum absolute atomic E-state index is 13.1. The lowest BCUT2D eigenvalue weighted by Crippen LogP contribution is -2.43. The van der Waals surface area contributed by atoms with E-state index in [2.05, 4.69) is 10.3 Å². The number of pyridine rings is 1. The van der Waals surface area contributed by atoms with Crippen molar-refractivity contribution >= 4 is 21.7 Å². The average molecular weight is 377 g/mol. The van der Waals surface area contributed by atoms with Crippen LogP contribution in [0.4, 0.5) is 10.2 Å². The van der Waals surface area contributed by atoms with Crippen LogP contribution in [0.1, 0.15) is 18.4 Å². The van der Waals surface area contributed by atoms with E-state index in [4.69, 9.17) is 0 Å². The van der Waals surface area contributed by atoms with E-state index in [1.54, 1.807) is 12.3 Å². The van der Waals surface area contributed by atoms with Gasteiger partial charge in [-0.1, -0.05) is 0 Å². The number of hydrogen-bond donors (Lipinski definition) is 1. The van der Waals surface area contributed by atoms with Crippen molar-refractivity contribution in [3.8, 4) is 0 Å². The van der Waals surface area contributed by atoms with Gasteiger partial charge < -0.3 is 5.32 Å². The topological polar surface area (TPSA) is 79.4 Å². The number of nitrogens with zero attached hydrogens (tertiary/aromatic N) is 2. The highest BCUT2D eigenvalue weighted by atomic mass is 32.2. The second-order valence-electron chi connectivity index (χ2n) is 6.36. The molecule has 1 amide bonds. The third-order valence-electron chi connectivity index (χ3n) is 4.37. The van der Waals surface area contributed by atoms with Crippen molar-refractivity contribution < 1.29 is 17.6 Å². The van der Waals surface area contributed by atoms with E-state index in [1.807, 2.05) is 13.0 Å². The van der Waals surface area contributed by atoms with Crippen LogP contribution in [0.5, 0.6) is 0 Å². The summed E-state index contributed by atoms with van der Waals surface area (Å²) in [6.45, 7) is 2.33. The molecule has 0 aliphatic carbocycles. The predicted octanol–water partition coefficient (Wildman–Crippen LogP) is 2.57. The van der Waals surface area contributed by atoms with Crippen LogP contribution in [-0.4, -0.2) is 36.7 Å². The number of carbonyl (C=O) groups excluding carboxylic acids is 1. The number of anilines is 1. The molecule has 138 valence electrons. The summed E-state index contributed by atoms with van der Waals surface area (Å²) >= 11 is 0. The highest BCUT2D eigenvalue weighted by Gasteiger charge is 2.33. The Balaban J connectivity index is 1.72. The first-order valence-corrected chi connectivity index (χ1v) is 9.79. The largest absolute Gasteiger partial charge is 0.310 e. The molecule has 2 heterocycles. The molecule has 1 aliphatic heterocycles. The minimum Gasteiger partial charge on any atom is -0.310 e. The van der Waals surface area contributed by atoms with Crippen LogP contribution in [0.3, 0.4) is 0 Å². The summed E-state index contributed by atoms with van der Waals surface area (Å²) in [5.74, 6) is -0.748. The third-order valence-corrected chi connectivity index (χ3v) is 6.25. The molecule has 1 atom stereocenters. The number of halogens is 1. The molecule has 3 rings (SSSR count). The van der Waals surface area contributed by atoms with Crippen molar-refractivity contribution in [3.63, 3.8) is 0 Å². The van der Waals surface area contributed by atoms with Crippen LogP contribution in [-0.2, 0) is 14.8 Å². The van der Waals surface area contributed by atoms with Crippen molar-refractivity contribution in [3.05, 3.63) is 54.0 Å². The van der Waals surface area contributed by atoms with Crippen LogP contribution in [0.15, 0.2) is 47.5 Å². The summed E-state index contributed by atoms with van der Waals surface area (Å²) in [4.78, 5) is 16.6. The molecule has 0 radical (unpaired) electrons. The molecular weight excluding hydrogens is 357 g/mol. The molecule has 1 aromatic heterocycles. The van der Waals surface area contributed by atoms with E-state index in [-0.39, 0.29) is 17.3 Å². The maximum Gasteiger partial charge on any atom is 0.243 e. The number of aromatic nitrogens is 1. The predicted molar refractivity (Wildman–Crippen MR) is 95.5 cm³/mol. The number of rotatable bonds is 4. The molecule has 8 heteroatoms. The van der Waals surface area contributed by atoms with Crippen molar-refractivity contribution in [1.29, 1.82) is 0 Å². The van der Waals surface area contributed by atoms with Crippen LogP contribution in [0.25, 0.3) is 0 Å². The van der Waals surface area contributed by atoms with E-state index in [0.717, 1.165) is 17.7 Å². The molecule has 0 bridgehead atoms. The van der Waals surface area contributed by atoms with Crippen molar-refractivity contribution in [2.75, 3.05) is 18.4 Å². The molecule has 1 saturated heterocycles. The zero-order chi connectivity index (χ0) is 18.7. The summed E-state index contributed by atoms with van der Waals surface area (Å²) in [6, 6.07) is 8.30. The summed E-state index contributed by atoms with van der Waals surface area (Å²) < 4.78 is 39.8. The zero-order valence-electron chi connectivity index (χ0n) is 14.4. The SMILES string of the molecule is Cc1ccnc(NC(=O)C2CCCN(S(=O)(=O)c3ccc(F)cc3)C2)c1. The highest BCUT2D eigenvalue weighted by molar-refractivity contribution is 7.89. The number of carbonyl (C=O) groups is 1. The Morgan fingerprint density at radius 2 is 2.00 bits per heavy atom. The molecule has 2 aromatic rings. The zero-order valence-corrected chi connectivity index (χ0v) is 15.2. The Labute approximate surface area is 152 Å². The molecule has 1 aromatic carbocycles. The molecule has 0 saturated carbocycles. The fourth-order valence-corrected chi connectivity index (χ4v) is 4.49. The van der Waals surface area contributed by atoms with Gasteiger partial charge in [0.2, 0.25) is 15.9 Å². The van der Waals surface area contributed by atoms with Crippen molar-refractivity contribution in [1.82, 2.24) is 9.29 Å². The number of aryl methyl sites for hydroxylation is 1. The second-order valence-corrected chi connectivity index (χ2v) is 8.30. The number of amides is 1. The van der Waals surface area contributed by atoms with Gasteiger partial charge in [0.15, 0.2) is 0 Å². The number of hydrogen-bond acceptors (Lipinski definition) is 4. The third kappa shape index (κ3) is 4.08. The lowest BCUT2D eigenvalue weighted by molar-refractivity contribution is -0.120. The monoisotopic (exact) mass is 377 g/mol. The maximum atomic E-state index is 13.1. The van der Waals surface area contributed by atoms with Crippen LogP contribution in [0.2, 0.25) is 0 Å². The Hall–Kier alpha value is -2.32. The molecule has 0 spiro atoms. The Morgan fingerprint density at radius 3 is 2.69 bits per heavy atom. The van der Waals surface area contributed by atoms with Gasteiger partial charge in [-0.2, -0.15) is 4.31 Å². The quantitative estimate of drug-likeness (QED) is 0.888. The van der Waals surface area contributed by atoms with Gasteiger partial charge in [-0.3, -0.25) is 4.79 Å². The average Bonchev–Trinajstić information content (AvgIpc) is 2.62. The molecule has 1 fully saturated rings. The van der Waals surface area contributed by atoms with Gasteiger partial charge in [0, 0.05) is 19.3 Å². The van der Waals surface area contributed by atoms with Crippen molar-refractivity contribution in [2.45, 2.75) is 24.7 Å². The molecule has 26 heavy (non-hydrogen) atoms. The van der Waals surface area contributed by atoms with Crippen molar-refractivity contribution in [2.24, 2.45) is 5.92 Å². The first-order valence-electron chi connectivity index (χ1n) is 8.35. The molecular formula is C18H20FN3O3S. The molecule has 1 unspecified atom stereocenters. The smallest absolute Gasteiger partial charge is 0.243 e. The first-order chi connectivity index (χ1) is 12.4. The van der Waals surface area contributed by atoms with E-state index >= 15 is 0 Å². The molecule has 1 aliphatic rings. The number of benzene rings is 1. The summed E-state index contributed by atoms with van der Waals surface area (Å²) in [5, 5.41) is 2.75. The minimum absolute atomic E-state index is 0.0281. The van der Waals surface area contributed by atoms with Gasteiger partial charge in [0.25, 0.3) is 0 Å². The van der Waals surface area contributed by atoms with E-state index in [1.165, 1.54) is 16.4 Å². The van der Waals surface area contributed by atoms with Gasteiger partial charge >= 0.3 is 0 Å². The number of piperidine rings is 1. The fraction of sp³-hybridized carbons (Fsp3) is 0.333. The second kappa shape index (κ2) is 7.51. The van der Waals surface area contributed by atoms with Gasteiger partial charge in [-0.05, 0) is 61.7 Å². The fourth-order valence-electron chi connectivity index (χ4n) is 2.96. The Kier molecular flexibility index (Phi) is 5.33. The number of nitrogens with one attached hydrogen (secondary N) is 1. The Morgan fingerprint density at radius 1 is 1.27 bits per heavy atom. The lowest BCUT2D eigenvalue weighted by Gasteiger charge is -2.31. The molecule has 1 N–H and O–H groups in total. The van der Waals surface area contributed by atoms with Crippen LogP contribution < -0.4 is 5.32 Å². The van der Waals surface area contributed by atoms with Crippen LogP contribution in [0, 0.1) is 18.7 Å². The summed E-state index contributed by atoms with van der Waals surface area (Å²) in [6.07, 6.45) is 2.80. The summed E-state index contributed by atoms with van der Waals surface area (Å²) in [5.41, 5.74) is 0.972. The summed E-state index contributed by atoms with van der Waals surface area (Å²) in [7, 11) is -3.75. The lowest BCUT2D eigenvalue weighted by atomic mass is 9.99. The van der Waals surface area contributed by atoms with E-state index < -0.39 is 21.8 Å². The van der Waals surface area contributed by atoms with Gasteiger partial charge in [0.1, 0.15) is 11.6 Å². The van der Waals surface area contributed by atoms with Gasteiger partial charge in [-0.25, -0.2) is 17.8 Å². The van der Waals surface area contributed by atoms with E-state index in [9.17, 15) is 17.6 Å². The van der Waals surface area contributed by atoms with Gasteiger partial charge in [-0.15, -0.1) is 0 Å². The standard InChI is InChI=1S/C18H20FN3O3S/c1-13-8-9-20-17(11-13)21-18(23)14-3-2-10-22(12-14)26(24,25)16-6-4-15(19)5-7-16/h4-9,11,14H,2-3,10,12H2,1H3,(H,20,21,23). The van der Waals surface area contributed by atoms with Crippen LogP contribution >= 0.6 is 0 Å². The Bertz CT molecular complexity index is 900. The number of sulfonamides is 1. The normalized spacial score (nSPS) is 18.5. The highest BCUT2D eigenvalue weighted by Crippen LogP contribution is 2.25. The minimum atomic E-state index is -3.75.